The van der Waals surface area contributed by atoms with E-state index in [4.69, 9.17) is 10.00 Å². The second-order valence-corrected chi connectivity index (χ2v) is 7.52. The number of nitrogens with zero attached hydrogens (tertiary/aromatic N) is 3. The van der Waals surface area contributed by atoms with E-state index >= 15 is 0 Å². The van der Waals surface area contributed by atoms with E-state index < -0.39 is 0 Å². The van der Waals surface area contributed by atoms with Crippen molar-refractivity contribution in [2.24, 2.45) is 7.05 Å². The van der Waals surface area contributed by atoms with Crippen LogP contribution in [0.2, 0.25) is 0 Å². The maximum absolute atomic E-state index is 12.5. The van der Waals surface area contributed by atoms with Crippen molar-refractivity contribution in [3.8, 4) is 40.0 Å². The standard InChI is InChI=1S/C27H22N4O3/c1-31-25(32)18-23(19-12-14-20(15-13-19)27(33)29-17-7-16-28)26(30-31)22-10-5-6-11-24(22)34-21-8-3-2-4-9-21/h2-6,8-15,18H,7,17H2,1H3,(H,29,33). The van der Waals surface area contributed by atoms with Crippen LogP contribution in [0.3, 0.4) is 0 Å². The first kappa shape index (κ1) is 22.5. The number of carbonyl (C=O) groups excluding carboxylic acids is 1. The minimum absolute atomic E-state index is 0.247. The van der Waals surface area contributed by atoms with Crippen LogP contribution in [-0.4, -0.2) is 22.2 Å². The van der Waals surface area contributed by atoms with Gasteiger partial charge in [-0.15, -0.1) is 0 Å². The molecule has 4 aromatic rings. The number of amides is 1. The van der Waals surface area contributed by atoms with Crippen molar-refractivity contribution < 1.29 is 9.53 Å². The van der Waals surface area contributed by atoms with Crippen LogP contribution in [0.1, 0.15) is 16.8 Å². The molecule has 0 atom stereocenters. The molecule has 34 heavy (non-hydrogen) atoms. The highest BCUT2D eigenvalue weighted by Crippen LogP contribution is 2.37. The predicted molar refractivity (Wildman–Crippen MR) is 129 cm³/mol. The van der Waals surface area contributed by atoms with Gasteiger partial charge in [0.2, 0.25) is 0 Å². The maximum Gasteiger partial charge on any atom is 0.267 e. The molecule has 3 aromatic carbocycles. The number of aryl methyl sites for hydroxylation is 1. The number of nitrogens with one attached hydrogen (secondary N) is 1. The number of carbonyl (C=O) groups is 1. The van der Waals surface area contributed by atoms with Crippen molar-refractivity contribution in [2.75, 3.05) is 6.54 Å². The van der Waals surface area contributed by atoms with Gasteiger partial charge in [0.05, 0.1) is 12.5 Å². The first-order valence-corrected chi connectivity index (χ1v) is 10.7. The second kappa shape index (κ2) is 10.3. The number of nitriles is 1. The highest BCUT2D eigenvalue weighted by Gasteiger charge is 2.17. The van der Waals surface area contributed by atoms with Gasteiger partial charge in [-0.05, 0) is 42.0 Å². The van der Waals surface area contributed by atoms with Crippen molar-refractivity contribution in [2.45, 2.75) is 6.42 Å². The van der Waals surface area contributed by atoms with Gasteiger partial charge in [-0.25, -0.2) is 4.68 Å². The van der Waals surface area contributed by atoms with E-state index in [1.807, 2.05) is 60.7 Å². The van der Waals surface area contributed by atoms with Crippen LogP contribution < -0.4 is 15.6 Å². The molecule has 0 aliphatic carbocycles. The molecule has 4 rings (SSSR count). The Morgan fingerprint density at radius 1 is 1.00 bits per heavy atom. The molecule has 1 heterocycles. The number of hydrogen-bond acceptors (Lipinski definition) is 5. The Morgan fingerprint density at radius 2 is 1.71 bits per heavy atom. The Bertz CT molecular complexity index is 1400. The Balaban J connectivity index is 1.74. The molecule has 0 radical (unpaired) electrons. The van der Waals surface area contributed by atoms with Crippen molar-refractivity contribution in [1.82, 2.24) is 15.1 Å². The summed E-state index contributed by atoms with van der Waals surface area (Å²) in [5.41, 5.74) is 2.90. The smallest absolute Gasteiger partial charge is 0.267 e. The quantitative estimate of drug-likeness (QED) is 0.417. The summed E-state index contributed by atoms with van der Waals surface area (Å²) in [4.78, 5) is 24.7. The zero-order chi connectivity index (χ0) is 23.9. The van der Waals surface area contributed by atoms with Crippen molar-refractivity contribution in [3.05, 3.63) is 101 Å². The van der Waals surface area contributed by atoms with Gasteiger partial charge in [-0.2, -0.15) is 10.4 Å². The van der Waals surface area contributed by atoms with E-state index in [0.717, 1.165) is 11.1 Å². The highest BCUT2D eigenvalue weighted by atomic mass is 16.5. The van der Waals surface area contributed by atoms with Crippen molar-refractivity contribution in [1.29, 1.82) is 5.26 Å². The monoisotopic (exact) mass is 450 g/mol. The fourth-order valence-corrected chi connectivity index (χ4v) is 3.46. The summed E-state index contributed by atoms with van der Waals surface area (Å²) in [6.45, 7) is 0.290. The van der Waals surface area contributed by atoms with Crippen LogP contribution in [0.4, 0.5) is 0 Å². The lowest BCUT2D eigenvalue weighted by Crippen LogP contribution is -2.24. The largest absolute Gasteiger partial charge is 0.457 e. The molecule has 0 bridgehead atoms. The molecule has 1 aromatic heterocycles. The summed E-state index contributed by atoms with van der Waals surface area (Å²) in [6.07, 6.45) is 0.247. The minimum atomic E-state index is -0.259. The highest BCUT2D eigenvalue weighted by molar-refractivity contribution is 5.95. The van der Waals surface area contributed by atoms with Gasteiger partial charge >= 0.3 is 0 Å². The third-order valence-electron chi connectivity index (χ3n) is 5.19. The van der Waals surface area contributed by atoms with Gasteiger partial charge in [-0.1, -0.05) is 42.5 Å². The van der Waals surface area contributed by atoms with Crippen LogP contribution in [-0.2, 0) is 7.05 Å². The molecule has 0 aliphatic heterocycles. The number of rotatable bonds is 7. The molecule has 0 fully saturated rings. The summed E-state index contributed by atoms with van der Waals surface area (Å²) in [7, 11) is 1.60. The zero-order valence-corrected chi connectivity index (χ0v) is 18.6. The zero-order valence-electron chi connectivity index (χ0n) is 18.6. The maximum atomic E-state index is 12.5. The first-order valence-electron chi connectivity index (χ1n) is 10.7. The fraction of sp³-hybridized carbons (Fsp3) is 0.111. The number of para-hydroxylation sites is 2. The van der Waals surface area contributed by atoms with Crippen LogP contribution in [0.25, 0.3) is 22.4 Å². The lowest BCUT2D eigenvalue weighted by atomic mass is 9.98. The van der Waals surface area contributed by atoms with Gasteiger partial charge in [0, 0.05) is 36.3 Å². The number of aromatic nitrogens is 2. The molecule has 0 aliphatic rings. The fourth-order valence-electron chi connectivity index (χ4n) is 3.46. The predicted octanol–water partition coefficient (Wildman–Crippen LogP) is 4.55. The summed E-state index contributed by atoms with van der Waals surface area (Å²) in [6, 6.07) is 27.4. The summed E-state index contributed by atoms with van der Waals surface area (Å²) < 4.78 is 7.41. The van der Waals surface area contributed by atoms with Gasteiger partial charge < -0.3 is 10.1 Å². The second-order valence-electron chi connectivity index (χ2n) is 7.52. The van der Waals surface area contributed by atoms with Crippen LogP contribution in [0, 0.1) is 11.3 Å². The van der Waals surface area contributed by atoms with Crippen molar-refractivity contribution in [3.63, 3.8) is 0 Å². The molecule has 1 N–H and O–H groups in total. The van der Waals surface area contributed by atoms with E-state index in [1.54, 1.807) is 31.3 Å². The molecular formula is C27H22N4O3. The van der Waals surface area contributed by atoms with E-state index in [-0.39, 0.29) is 24.4 Å². The van der Waals surface area contributed by atoms with E-state index in [2.05, 4.69) is 10.4 Å². The Kier molecular flexibility index (Phi) is 6.80. The van der Waals surface area contributed by atoms with Gasteiger partial charge in [0.25, 0.3) is 11.5 Å². The van der Waals surface area contributed by atoms with Crippen LogP contribution in [0.15, 0.2) is 89.7 Å². The molecule has 0 unspecified atom stereocenters. The molecule has 7 nitrogen and oxygen atoms in total. The molecule has 0 saturated heterocycles. The molecule has 7 heteroatoms. The number of ether oxygens (including phenoxy) is 1. The molecule has 1 amide bonds. The third-order valence-corrected chi connectivity index (χ3v) is 5.19. The molecular weight excluding hydrogens is 428 g/mol. The Labute approximate surface area is 196 Å². The van der Waals surface area contributed by atoms with E-state index in [9.17, 15) is 9.59 Å². The average molecular weight is 450 g/mol. The lowest BCUT2D eigenvalue weighted by Gasteiger charge is -2.15. The van der Waals surface area contributed by atoms with E-state index in [1.165, 1.54) is 10.7 Å². The minimum Gasteiger partial charge on any atom is -0.457 e. The SMILES string of the molecule is Cn1nc(-c2ccccc2Oc2ccccc2)c(-c2ccc(C(=O)NCCC#N)cc2)cc1=O. The molecule has 168 valence electrons. The Hall–Kier alpha value is -4.70. The first-order chi connectivity index (χ1) is 16.6. The topological polar surface area (TPSA) is 97.0 Å². The summed E-state index contributed by atoms with van der Waals surface area (Å²) >= 11 is 0. The lowest BCUT2D eigenvalue weighted by molar-refractivity contribution is 0.0954. The average Bonchev–Trinajstić information content (AvgIpc) is 2.87. The summed E-state index contributed by atoms with van der Waals surface area (Å²) in [5, 5.41) is 15.9. The summed E-state index contributed by atoms with van der Waals surface area (Å²) in [5.74, 6) is 1.04. The van der Waals surface area contributed by atoms with Gasteiger partial charge in [0.1, 0.15) is 17.2 Å². The molecule has 0 saturated carbocycles. The van der Waals surface area contributed by atoms with Crippen LogP contribution >= 0.6 is 0 Å². The molecule has 0 spiro atoms. The Morgan fingerprint density at radius 3 is 2.44 bits per heavy atom. The number of hydrogen-bond donors (Lipinski definition) is 1. The third kappa shape index (κ3) is 5.03. The van der Waals surface area contributed by atoms with Gasteiger partial charge in [0.15, 0.2) is 0 Å². The van der Waals surface area contributed by atoms with Crippen molar-refractivity contribution >= 4 is 5.91 Å². The van der Waals surface area contributed by atoms with Gasteiger partial charge in [-0.3, -0.25) is 9.59 Å². The van der Waals surface area contributed by atoms with E-state index in [0.29, 0.717) is 28.3 Å². The van der Waals surface area contributed by atoms with Crippen LogP contribution in [0.5, 0.6) is 11.5 Å². The normalized spacial score (nSPS) is 10.4. The number of benzene rings is 3.